The fourth-order valence-corrected chi connectivity index (χ4v) is 2.24. The number of carbonyl (C=O) groups excluding carboxylic acids is 1. The molecule has 0 N–H and O–H groups in total. The van der Waals surface area contributed by atoms with Crippen LogP contribution in [-0.4, -0.2) is 43.4 Å². The van der Waals surface area contributed by atoms with E-state index in [1.165, 1.54) is 6.20 Å². The van der Waals surface area contributed by atoms with Gasteiger partial charge in [0.2, 0.25) is 6.79 Å². The lowest BCUT2D eigenvalue weighted by Crippen LogP contribution is -2.18. The maximum absolute atomic E-state index is 12.0. The van der Waals surface area contributed by atoms with E-state index >= 15 is 0 Å². The number of carbonyl (C=O) groups is 1. The molecule has 120 valence electrons. The van der Waals surface area contributed by atoms with Gasteiger partial charge < -0.3 is 19.1 Å². The van der Waals surface area contributed by atoms with Gasteiger partial charge in [0.25, 0.3) is 0 Å². The van der Waals surface area contributed by atoms with Crippen molar-refractivity contribution in [3.63, 3.8) is 0 Å². The number of benzene rings is 1. The summed E-state index contributed by atoms with van der Waals surface area (Å²) in [6.07, 6.45) is 1.49. The highest BCUT2D eigenvalue weighted by Crippen LogP contribution is 2.35. The molecule has 0 saturated carbocycles. The van der Waals surface area contributed by atoms with Gasteiger partial charge in [-0.3, -0.25) is 0 Å². The number of hydrogen-bond acceptors (Lipinski definition) is 7. The second-order valence-electron chi connectivity index (χ2n) is 5.11. The highest BCUT2D eigenvalue weighted by atomic mass is 16.7. The van der Waals surface area contributed by atoms with Crippen LogP contribution in [0.25, 0.3) is 11.4 Å². The van der Waals surface area contributed by atoms with Crippen molar-refractivity contribution in [2.75, 3.05) is 32.4 Å². The first-order valence-corrected chi connectivity index (χ1v) is 7.21. The Morgan fingerprint density at radius 1 is 1.30 bits per heavy atom. The van der Waals surface area contributed by atoms with Gasteiger partial charge >= 0.3 is 5.97 Å². The molecule has 0 radical (unpaired) electrons. The molecule has 2 aromatic rings. The van der Waals surface area contributed by atoms with Gasteiger partial charge in [-0.25, -0.2) is 14.8 Å². The Labute approximate surface area is 133 Å². The van der Waals surface area contributed by atoms with Crippen LogP contribution in [0.5, 0.6) is 11.5 Å². The molecule has 7 heteroatoms. The lowest BCUT2D eigenvalue weighted by molar-refractivity contribution is 0.0526. The predicted octanol–water partition coefficient (Wildman–Crippen LogP) is 2.11. The van der Waals surface area contributed by atoms with Crippen molar-refractivity contribution in [1.82, 2.24) is 9.97 Å². The summed E-state index contributed by atoms with van der Waals surface area (Å²) in [5.74, 6) is 1.93. The zero-order chi connectivity index (χ0) is 16.4. The van der Waals surface area contributed by atoms with Crippen molar-refractivity contribution in [2.45, 2.75) is 6.92 Å². The second kappa shape index (κ2) is 6.12. The third-order valence-corrected chi connectivity index (χ3v) is 3.32. The normalized spacial score (nSPS) is 12.1. The van der Waals surface area contributed by atoms with Crippen LogP contribution in [0, 0.1) is 0 Å². The summed E-state index contributed by atoms with van der Waals surface area (Å²) in [7, 11) is 3.63. The van der Waals surface area contributed by atoms with Gasteiger partial charge in [-0.05, 0) is 25.1 Å². The average Bonchev–Trinajstić information content (AvgIpc) is 3.02. The number of hydrogen-bond donors (Lipinski definition) is 0. The van der Waals surface area contributed by atoms with Crippen molar-refractivity contribution < 1.29 is 19.0 Å². The van der Waals surface area contributed by atoms with Gasteiger partial charge in [-0.1, -0.05) is 0 Å². The van der Waals surface area contributed by atoms with Crippen LogP contribution in [0.1, 0.15) is 17.3 Å². The minimum atomic E-state index is -0.437. The number of anilines is 1. The molecule has 0 aliphatic carbocycles. The molecular weight excluding hydrogens is 298 g/mol. The van der Waals surface area contributed by atoms with E-state index in [0.29, 0.717) is 35.3 Å². The quantitative estimate of drug-likeness (QED) is 0.800. The number of ether oxygens (including phenoxy) is 3. The predicted molar refractivity (Wildman–Crippen MR) is 83.9 cm³/mol. The van der Waals surface area contributed by atoms with E-state index in [4.69, 9.17) is 14.2 Å². The summed E-state index contributed by atoms with van der Waals surface area (Å²) < 4.78 is 15.7. The molecule has 0 unspecified atom stereocenters. The molecule has 0 amide bonds. The SMILES string of the molecule is CCOC(=O)c1cnc(-c2ccc3c(c2)OCO3)nc1N(C)C. The number of esters is 1. The first-order valence-electron chi connectivity index (χ1n) is 7.21. The molecule has 0 spiro atoms. The summed E-state index contributed by atoms with van der Waals surface area (Å²) in [6, 6.07) is 5.49. The van der Waals surface area contributed by atoms with Crippen LogP contribution >= 0.6 is 0 Å². The van der Waals surface area contributed by atoms with E-state index in [0.717, 1.165) is 5.56 Å². The summed E-state index contributed by atoms with van der Waals surface area (Å²) in [5.41, 5.74) is 1.12. The van der Waals surface area contributed by atoms with E-state index in [-0.39, 0.29) is 6.79 Å². The van der Waals surface area contributed by atoms with Gasteiger partial charge in [-0.15, -0.1) is 0 Å². The van der Waals surface area contributed by atoms with Crippen LogP contribution in [-0.2, 0) is 4.74 Å². The van der Waals surface area contributed by atoms with Crippen LogP contribution in [0.3, 0.4) is 0 Å². The fraction of sp³-hybridized carbons (Fsp3) is 0.312. The zero-order valence-electron chi connectivity index (χ0n) is 13.2. The average molecular weight is 315 g/mol. The summed E-state index contributed by atoms with van der Waals surface area (Å²) in [6.45, 7) is 2.27. The van der Waals surface area contributed by atoms with Gasteiger partial charge in [0.05, 0.1) is 6.61 Å². The number of rotatable bonds is 4. The molecule has 0 bridgehead atoms. The minimum absolute atomic E-state index is 0.213. The lowest BCUT2D eigenvalue weighted by Gasteiger charge is -2.16. The molecule has 0 fully saturated rings. The molecule has 23 heavy (non-hydrogen) atoms. The highest BCUT2D eigenvalue weighted by Gasteiger charge is 2.19. The Bertz CT molecular complexity index is 746. The molecule has 2 heterocycles. The van der Waals surface area contributed by atoms with Crippen LogP contribution in [0.2, 0.25) is 0 Å². The Morgan fingerprint density at radius 3 is 2.83 bits per heavy atom. The second-order valence-corrected chi connectivity index (χ2v) is 5.11. The molecule has 1 aromatic carbocycles. The Kier molecular flexibility index (Phi) is 4.01. The Hall–Kier alpha value is -2.83. The smallest absolute Gasteiger partial charge is 0.343 e. The van der Waals surface area contributed by atoms with Crippen LogP contribution in [0.15, 0.2) is 24.4 Å². The van der Waals surface area contributed by atoms with Crippen molar-refractivity contribution >= 4 is 11.8 Å². The van der Waals surface area contributed by atoms with Crippen molar-refractivity contribution in [3.05, 3.63) is 30.0 Å². The van der Waals surface area contributed by atoms with Crippen molar-refractivity contribution in [1.29, 1.82) is 0 Å². The van der Waals surface area contributed by atoms with Gasteiger partial charge in [0.15, 0.2) is 17.3 Å². The third-order valence-electron chi connectivity index (χ3n) is 3.32. The van der Waals surface area contributed by atoms with Crippen molar-refractivity contribution in [2.24, 2.45) is 0 Å². The Morgan fingerprint density at radius 2 is 2.09 bits per heavy atom. The van der Waals surface area contributed by atoms with Gasteiger partial charge in [-0.2, -0.15) is 0 Å². The van der Waals surface area contributed by atoms with E-state index in [1.54, 1.807) is 11.8 Å². The zero-order valence-corrected chi connectivity index (χ0v) is 13.2. The summed E-state index contributed by atoms with van der Waals surface area (Å²) >= 11 is 0. The van der Waals surface area contributed by atoms with Gasteiger partial charge in [0, 0.05) is 25.9 Å². The molecule has 3 rings (SSSR count). The standard InChI is InChI=1S/C16H17N3O4/c1-4-21-16(20)11-8-17-14(18-15(11)19(2)3)10-5-6-12-13(7-10)23-9-22-12/h5-8H,4,9H2,1-3H3. The van der Waals surface area contributed by atoms with E-state index in [1.807, 2.05) is 32.3 Å². The van der Waals surface area contributed by atoms with Crippen LogP contribution < -0.4 is 14.4 Å². The number of nitrogens with zero attached hydrogens (tertiary/aromatic N) is 3. The lowest BCUT2D eigenvalue weighted by atomic mass is 10.2. The van der Waals surface area contributed by atoms with E-state index < -0.39 is 5.97 Å². The monoisotopic (exact) mass is 315 g/mol. The first-order chi connectivity index (χ1) is 11.1. The molecule has 0 atom stereocenters. The molecule has 1 aromatic heterocycles. The van der Waals surface area contributed by atoms with Gasteiger partial charge in [0.1, 0.15) is 11.4 Å². The van der Waals surface area contributed by atoms with Crippen LogP contribution in [0.4, 0.5) is 5.82 Å². The fourth-order valence-electron chi connectivity index (χ4n) is 2.24. The summed E-state index contributed by atoms with van der Waals surface area (Å²) in [5, 5.41) is 0. The first kappa shape index (κ1) is 15.1. The van der Waals surface area contributed by atoms with E-state index in [9.17, 15) is 4.79 Å². The molecular formula is C16H17N3O4. The van der Waals surface area contributed by atoms with Crippen molar-refractivity contribution in [3.8, 4) is 22.9 Å². The largest absolute Gasteiger partial charge is 0.462 e. The number of aromatic nitrogens is 2. The maximum Gasteiger partial charge on any atom is 0.343 e. The third kappa shape index (κ3) is 2.90. The molecule has 1 aliphatic rings. The summed E-state index contributed by atoms with van der Waals surface area (Å²) in [4.78, 5) is 22.5. The number of fused-ring (bicyclic) bond motifs is 1. The van der Waals surface area contributed by atoms with E-state index in [2.05, 4.69) is 9.97 Å². The molecule has 7 nitrogen and oxygen atoms in total. The highest BCUT2D eigenvalue weighted by molar-refractivity contribution is 5.94. The topological polar surface area (TPSA) is 73.8 Å². The molecule has 0 saturated heterocycles. The maximum atomic E-state index is 12.0. The molecule has 1 aliphatic heterocycles. The minimum Gasteiger partial charge on any atom is -0.462 e. The Balaban J connectivity index is 2.01.